The Labute approximate surface area is 175 Å². The Hall–Kier alpha value is -3.03. The second kappa shape index (κ2) is 7.77. The number of benzene rings is 2. The fourth-order valence-corrected chi connectivity index (χ4v) is 3.82. The molecule has 4 rings (SSSR count). The summed E-state index contributed by atoms with van der Waals surface area (Å²) in [5.41, 5.74) is 2.65. The summed E-state index contributed by atoms with van der Waals surface area (Å²) in [5, 5.41) is 9.77. The molecule has 0 radical (unpaired) electrons. The first kappa shape index (κ1) is 19.3. The first-order valence-electron chi connectivity index (χ1n) is 8.68. The topological polar surface area (TPSA) is 68.0 Å². The van der Waals surface area contributed by atoms with Crippen molar-refractivity contribution in [2.24, 2.45) is 0 Å². The van der Waals surface area contributed by atoms with E-state index in [-0.39, 0.29) is 27.6 Å². The number of halogens is 2. The highest BCUT2D eigenvalue weighted by Gasteiger charge is 2.25. The second-order valence-corrected chi connectivity index (χ2v) is 7.81. The molecule has 4 aromatic rings. The Kier molecular flexibility index (Phi) is 5.17. The third-order valence-corrected chi connectivity index (χ3v) is 5.44. The molecule has 0 spiro atoms. The molecule has 0 unspecified atom stereocenters. The maximum atomic E-state index is 14.3. The van der Waals surface area contributed by atoms with Crippen molar-refractivity contribution in [3.05, 3.63) is 75.0 Å². The smallest absolute Gasteiger partial charge is 0.261 e. The van der Waals surface area contributed by atoms with Crippen LogP contribution in [0.25, 0.3) is 22.5 Å². The standard InChI is InChI=1S/C21H15ClFN3O2S/c1-11-18(20(26-28-11)19-15(22)4-3-5-16(19)23)21(27)25-14-8-6-13(7-9-14)17-10-29-12(2)24-17/h3-10H,1-2H3,(H,25,27). The molecule has 0 aliphatic carbocycles. The number of nitrogens with one attached hydrogen (secondary N) is 1. The highest BCUT2D eigenvalue weighted by atomic mass is 35.5. The molecule has 2 aromatic carbocycles. The summed E-state index contributed by atoms with van der Waals surface area (Å²) < 4.78 is 19.5. The zero-order valence-electron chi connectivity index (χ0n) is 15.5. The lowest BCUT2D eigenvalue weighted by molar-refractivity contribution is 0.102. The van der Waals surface area contributed by atoms with E-state index in [0.717, 1.165) is 16.3 Å². The fourth-order valence-electron chi connectivity index (χ4n) is 2.95. The van der Waals surface area contributed by atoms with E-state index in [9.17, 15) is 9.18 Å². The fraction of sp³-hybridized carbons (Fsp3) is 0.0952. The molecule has 0 fully saturated rings. The first-order valence-corrected chi connectivity index (χ1v) is 9.94. The molecule has 0 aliphatic rings. The van der Waals surface area contributed by atoms with E-state index in [0.29, 0.717) is 5.69 Å². The molecule has 2 aromatic heterocycles. The normalized spacial score (nSPS) is 10.9. The van der Waals surface area contributed by atoms with Crippen molar-refractivity contribution in [1.29, 1.82) is 0 Å². The molecule has 2 heterocycles. The van der Waals surface area contributed by atoms with Crippen molar-refractivity contribution in [2.45, 2.75) is 13.8 Å². The number of hydrogen-bond donors (Lipinski definition) is 1. The van der Waals surface area contributed by atoms with Crippen LogP contribution in [-0.2, 0) is 0 Å². The van der Waals surface area contributed by atoms with Crippen molar-refractivity contribution in [3.63, 3.8) is 0 Å². The molecule has 146 valence electrons. The Morgan fingerprint density at radius 1 is 1.17 bits per heavy atom. The molecular formula is C21H15ClFN3O2S. The maximum Gasteiger partial charge on any atom is 0.261 e. The van der Waals surface area contributed by atoms with Gasteiger partial charge >= 0.3 is 0 Å². The Morgan fingerprint density at radius 2 is 1.93 bits per heavy atom. The van der Waals surface area contributed by atoms with E-state index in [1.165, 1.54) is 18.2 Å². The van der Waals surface area contributed by atoms with Gasteiger partial charge in [0.2, 0.25) is 0 Å². The van der Waals surface area contributed by atoms with Gasteiger partial charge in [0.15, 0.2) is 0 Å². The Morgan fingerprint density at radius 3 is 2.59 bits per heavy atom. The van der Waals surface area contributed by atoms with Crippen LogP contribution in [-0.4, -0.2) is 16.0 Å². The van der Waals surface area contributed by atoms with Gasteiger partial charge in [-0.3, -0.25) is 4.79 Å². The molecule has 0 atom stereocenters. The lowest BCUT2D eigenvalue weighted by Crippen LogP contribution is -2.13. The van der Waals surface area contributed by atoms with E-state index in [1.807, 2.05) is 24.4 Å². The van der Waals surface area contributed by atoms with Crippen LogP contribution >= 0.6 is 22.9 Å². The lowest BCUT2D eigenvalue weighted by atomic mass is 10.0. The molecular weight excluding hydrogens is 413 g/mol. The van der Waals surface area contributed by atoms with Gasteiger partial charge in [0.25, 0.3) is 5.91 Å². The zero-order chi connectivity index (χ0) is 20.5. The van der Waals surface area contributed by atoms with Gasteiger partial charge in [-0.25, -0.2) is 9.37 Å². The van der Waals surface area contributed by atoms with E-state index in [2.05, 4.69) is 15.5 Å². The van der Waals surface area contributed by atoms with Crippen molar-refractivity contribution in [1.82, 2.24) is 10.1 Å². The molecule has 0 saturated carbocycles. The molecule has 5 nitrogen and oxygen atoms in total. The van der Waals surface area contributed by atoms with Crippen LogP contribution < -0.4 is 5.32 Å². The van der Waals surface area contributed by atoms with Crippen LogP contribution in [0.2, 0.25) is 5.02 Å². The number of amides is 1. The zero-order valence-corrected chi connectivity index (χ0v) is 17.1. The highest BCUT2D eigenvalue weighted by molar-refractivity contribution is 7.09. The van der Waals surface area contributed by atoms with Crippen molar-refractivity contribution in [3.8, 4) is 22.5 Å². The minimum absolute atomic E-state index is 0.0328. The number of thiazole rings is 1. The second-order valence-electron chi connectivity index (χ2n) is 6.34. The van der Waals surface area contributed by atoms with E-state index < -0.39 is 11.7 Å². The van der Waals surface area contributed by atoms with E-state index in [1.54, 1.807) is 30.4 Å². The van der Waals surface area contributed by atoms with Gasteiger partial charge in [-0.15, -0.1) is 11.3 Å². The van der Waals surface area contributed by atoms with Crippen LogP contribution in [0.5, 0.6) is 0 Å². The number of hydrogen-bond acceptors (Lipinski definition) is 5. The Balaban J connectivity index is 1.62. The number of carbonyl (C=O) groups is 1. The summed E-state index contributed by atoms with van der Waals surface area (Å²) in [6.07, 6.45) is 0. The average Bonchev–Trinajstić information content (AvgIpc) is 3.28. The third kappa shape index (κ3) is 3.79. The molecule has 1 amide bonds. The van der Waals surface area contributed by atoms with Crippen molar-refractivity contribution >= 4 is 34.5 Å². The predicted molar refractivity (Wildman–Crippen MR) is 112 cm³/mol. The van der Waals surface area contributed by atoms with Crippen LogP contribution in [0, 0.1) is 19.7 Å². The molecule has 0 aliphatic heterocycles. The molecule has 0 bridgehead atoms. The van der Waals surface area contributed by atoms with Gasteiger partial charge in [-0.1, -0.05) is 35.0 Å². The summed E-state index contributed by atoms with van der Waals surface area (Å²) in [4.78, 5) is 17.3. The van der Waals surface area contributed by atoms with E-state index in [4.69, 9.17) is 16.1 Å². The molecule has 1 N–H and O–H groups in total. The number of rotatable bonds is 4. The van der Waals surface area contributed by atoms with Gasteiger partial charge in [0, 0.05) is 16.6 Å². The summed E-state index contributed by atoms with van der Waals surface area (Å²) in [7, 11) is 0. The van der Waals surface area contributed by atoms with Crippen molar-refractivity contribution in [2.75, 3.05) is 5.32 Å². The van der Waals surface area contributed by atoms with Crippen molar-refractivity contribution < 1.29 is 13.7 Å². The van der Waals surface area contributed by atoms with Gasteiger partial charge < -0.3 is 9.84 Å². The van der Waals surface area contributed by atoms with E-state index >= 15 is 0 Å². The number of nitrogens with zero attached hydrogens (tertiary/aromatic N) is 2. The van der Waals surface area contributed by atoms with Gasteiger partial charge in [0.1, 0.15) is 22.8 Å². The monoisotopic (exact) mass is 427 g/mol. The third-order valence-electron chi connectivity index (χ3n) is 4.35. The molecule has 0 saturated heterocycles. The summed E-state index contributed by atoms with van der Waals surface area (Å²) in [6.45, 7) is 3.54. The van der Waals surface area contributed by atoms with Crippen LogP contribution in [0.1, 0.15) is 21.1 Å². The average molecular weight is 428 g/mol. The number of anilines is 1. The summed E-state index contributed by atoms with van der Waals surface area (Å²) >= 11 is 7.71. The van der Waals surface area contributed by atoms with Gasteiger partial charge in [-0.2, -0.15) is 0 Å². The highest BCUT2D eigenvalue weighted by Crippen LogP contribution is 2.34. The summed E-state index contributed by atoms with van der Waals surface area (Å²) in [5.74, 6) is -0.774. The van der Waals surface area contributed by atoms with Gasteiger partial charge in [0.05, 0.1) is 21.3 Å². The lowest BCUT2D eigenvalue weighted by Gasteiger charge is -2.08. The molecule has 8 heteroatoms. The number of aromatic nitrogens is 2. The van der Waals surface area contributed by atoms with Gasteiger partial charge in [-0.05, 0) is 38.1 Å². The minimum atomic E-state index is -0.581. The maximum absolute atomic E-state index is 14.3. The largest absolute Gasteiger partial charge is 0.360 e. The first-order chi connectivity index (χ1) is 13.9. The summed E-state index contributed by atoms with van der Waals surface area (Å²) in [6, 6.07) is 11.6. The van der Waals surface area contributed by atoms with Crippen LogP contribution in [0.4, 0.5) is 10.1 Å². The van der Waals surface area contributed by atoms with Crippen LogP contribution in [0.3, 0.4) is 0 Å². The molecule has 29 heavy (non-hydrogen) atoms. The minimum Gasteiger partial charge on any atom is -0.360 e. The predicted octanol–water partition coefficient (Wildman–Crippen LogP) is 6.13. The SMILES string of the molecule is Cc1nc(-c2ccc(NC(=O)c3c(-c4c(F)cccc4Cl)noc3C)cc2)cs1. The number of aryl methyl sites for hydroxylation is 2. The quantitative estimate of drug-likeness (QED) is 0.425. The van der Waals surface area contributed by atoms with Crippen LogP contribution in [0.15, 0.2) is 52.4 Å². The Bertz CT molecular complexity index is 1180. The number of carbonyl (C=O) groups excluding carboxylic acids is 1.